The van der Waals surface area contributed by atoms with E-state index in [1.807, 2.05) is 20.2 Å². The van der Waals surface area contributed by atoms with Gasteiger partial charge in [-0.2, -0.15) is 10.2 Å². The second-order valence-corrected chi connectivity index (χ2v) is 4.50. The van der Waals surface area contributed by atoms with Crippen molar-refractivity contribution in [2.24, 2.45) is 14.1 Å². The third-order valence-electron chi connectivity index (χ3n) is 3.00. The molecule has 0 aliphatic heterocycles. The van der Waals surface area contributed by atoms with Crippen LogP contribution < -0.4 is 5.32 Å². The molecule has 0 radical (unpaired) electrons. The Labute approximate surface area is 110 Å². The van der Waals surface area contributed by atoms with Crippen LogP contribution in [0.4, 0.5) is 5.82 Å². The first-order valence-corrected chi connectivity index (χ1v) is 5.90. The average Bonchev–Trinajstić information content (AvgIpc) is 2.75. The van der Waals surface area contributed by atoms with Crippen molar-refractivity contribution in [2.75, 3.05) is 5.32 Å². The number of aryl methyl sites for hydroxylation is 4. The van der Waals surface area contributed by atoms with Crippen LogP contribution in [-0.4, -0.2) is 30.6 Å². The largest absolute Gasteiger partial charge is 0.477 e. The fraction of sp³-hybridized carbons (Fsp3) is 0.417. The first-order valence-electron chi connectivity index (χ1n) is 5.90. The highest BCUT2D eigenvalue weighted by molar-refractivity contribution is 5.94. The minimum Gasteiger partial charge on any atom is -0.477 e. The molecule has 19 heavy (non-hydrogen) atoms. The molecule has 0 fully saturated rings. The van der Waals surface area contributed by atoms with Gasteiger partial charge >= 0.3 is 5.97 Å². The molecule has 2 aromatic rings. The Hall–Kier alpha value is -2.31. The molecule has 0 saturated heterocycles. The molecule has 2 heterocycles. The van der Waals surface area contributed by atoms with Crippen molar-refractivity contribution in [3.05, 3.63) is 28.7 Å². The lowest BCUT2D eigenvalue weighted by Crippen LogP contribution is -2.09. The van der Waals surface area contributed by atoms with Gasteiger partial charge in [0.1, 0.15) is 11.4 Å². The minimum atomic E-state index is -0.976. The Bertz CT molecular complexity index is 626. The van der Waals surface area contributed by atoms with E-state index in [4.69, 9.17) is 0 Å². The van der Waals surface area contributed by atoms with Crippen LogP contribution in [0, 0.1) is 13.8 Å². The van der Waals surface area contributed by atoms with Gasteiger partial charge in [-0.05, 0) is 13.8 Å². The number of hydrogen-bond acceptors (Lipinski definition) is 4. The molecule has 2 aromatic heterocycles. The predicted molar refractivity (Wildman–Crippen MR) is 70.2 cm³/mol. The molecule has 2 rings (SSSR count). The summed E-state index contributed by atoms with van der Waals surface area (Å²) in [6.07, 6.45) is 1.91. The average molecular weight is 263 g/mol. The van der Waals surface area contributed by atoms with E-state index in [1.54, 1.807) is 23.3 Å². The molecule has 0 aliphatic rings. The number of nitrogens with one attached hydrogen (secondary N) is 1. The van der Waals surface area contributed by atoms with E-state index >= 15 is 0 Å². The third kappa shape index (κ3) is 2.44. The Balaban J connectivity index is 2.25. The normalized spacial score (nSPS) is 10.7. The zero-order valence-corrected chi connectivity index (χ0v) is 11.4. The fourth-order valence-corrected chi connectivity index (χ4v) is 2.12. The van der Waals surface area contributed by atoms with Gasteiger partial charge < -0.3 is 10.4 Å². The smallest absolute Gasteiger partial charge is 0.341 e. The van der Waals surface area contributed by atoms with Gasteiger partial charge in [-0.3, -0.25) is 9.36 Å². The van der Waals surface area contributed by atoms with Crippen LogP contribution in [0.25, 0.3) is 0 Å². The van der Waals surface area contributed by atoms with Crippen LogP contribution in [0.5, 0.6) is 0 Å². The van der Waals surface area contributed by atoms with Crippen molar-refractivity contribution in [3.8, 4) is 0 Å². The minimum absolute atomic E-state index is 0.212. The van der Waals surface area contributed by atoms with Gasteiger partial charge in [0.15, 0.2) is 0 Å². The van der Waals surface area contributed by atoms with Crippen molar-refractivity contribution in [1.29, 1.82) is 0 Å². The van der Waals surface area contributed by atoms with Crippen LogP contribution in [0.3, 0.4) is 0 Å². The van der Waals surface area contributed by atoms with Crippen LogP contribution in [0.15, 0.2) is 6.20 Å². The van der Waals surface area contributed by atoms with E-state index in [0.29, 0.717) is 18.1 Å². The zero-order chi connectivity index (χ0) is 14.2. The number of carbonyl (C=O) groups is 1. The molecule has 7 nitrogen and oxygen atoms in total. The number of anilines is 1. The maximum absolute atomic E-state index is 11.2. The first-order chi connectivity index (χ1) is 8.90. The topological polar surface area (TPSA) is 85.0 Å². The van der Waals surface area contributed by atoms with Gasteiger partial charge in [0.05, 0.1) is 11.4 Å². The summed E-state index contributed by atoms with van der Waals surface area (Å²) in [5.41, 5.74) is 2.66. The Kier molecular flexibility index (Phi) is 3.28. The number of carboxylic acid groups (broad SMARTS) is 1. The van der Waals surface area contributed by atoms with Crippen molar-refractivity contribution in [2.45, 2.75) is 20.4 Å². The number of hydrogen-bond donors (Lipinski definition) is 2. The molecule has 0 saturated carbocycles. The summed E-state index contributed by atoms with van der Waals surface area (Å²) in [4.78, 5) is 11.2. The Morgan fingerprint density at radius 1 is 1.32 bits per heavy atom. The quantitative estimate of drug-likeness (QED) is 0.862. The van der Waals surface area contributed by atoms with Gasteiger partial charge in [-0.15, -0.1) is 0 Å². The maximum atomic E-state index is 11.2. The highest BCUT2D eigenvalue weighted by Crippen LogP contribution is 2.19. The Morgan fingerprint density at radius 2 is 2.00 bits per heavy atom. The second kappa shape index (κ2) is 4.75. The number of nitrogens with zero attached hydrogens (tertiary/aromatic N) is 4. The van der Waals surface area contributed by atoms with Crippen molar-refractivity contribution < 1.29 is 9.90 Å². The molecule has 7 heteroatoms. The van der Waals surface area contributed by atoms with Crippen LogP contribution in [0.1, 0.15) is 27.3 Å². The zero-order valence-electron chi connectivity index (χ0n) is 11.4. The summed E-state index contributed by atoms with van der Waals surface area (Å²) >= 11 is 0. The molecular formula is C12H17N5O2. The van der Waals surface area contributed by atoms with Crippen LogP contribution in [0.2, 0.25) is 0 Å². The molecule has 2 N–H and O–H groups in total. The number of carboxylic acids is 1. The van der Waals surface area contributed by atoms with E-state index in [0.717, 1.165) is 11.3 Å². The predicted octanol–water partition coefficient (Wildman–Crippen LogP) is 1.08. The Morgan fingerprint density at radius 3 is 2.53 bits per heavy atom. The molecule has 0 atom stereocenters. The van der Waals surface area contributed by atoms with E-state index in [-0.39, 0.29) is 5.56 Å². The van der Waals surface area contributed by atoms with Gasteiger partial charge in [0, 0.05) is 32.4 Å². The SMILES string of the molecule is Cc1nn(C)cc1CNc1c(C(=O)O)c(C)nn1C. The van der Waals surface area contributed by atoms with E-state index in [2.05, 4.69) is 15.5 Å². The fourth-order valence-electron chi connectivity index (χ4n) is 2.12. The summed E-state index contributed by atoms with van der Waals surface area (Å²) < 4.78 is 3.28. The summed E-state index contributed by atoms with van der Waals surface area (Å²) in [6.45, 7) is 4.12. The second-order valence-electron chi connectivity index (χ2n) is 4.50. The lowest BCUT2D eigenvalue weighted by atomic mass is 10.2. The summed E-state index contributed by atoms with van der Waals surface area (Å²) in [7, 11) is 3.57. The van der Waals surface area contributed by atoms with E-state index in [9.17, 15) is 9.90 Å². The van der Waals surface area contributed by atoms with E-state index < -0.39 is 5.97 Å². The first kappa shape index (κ1) is 13.1. The lowest BCUT2D eigenvalue weighted by Gasteiger charge is -2.07. The molecule has 0 amide bonds. The third-order valence-corrected chi connectivity index (χ3v) is 3.00. The standard InChI is InChI=1S/C12H17N5O2/c1-7-9(6-16(3)14-7)5-13-11-10(12(18)19)8(2)15-17(11)4/h6,13H,5H2,1-4H3,(H,18,19). The number of aromatic nitrogens is 4. The number of rotatable bonds is 4. The van der Waals surface area contributed by atoms with E-state index in [1.165, 1.54) is 0 Å². The van der Waals surface area contributed by atoms with Gasteiger partial charge in [-0.1, -0.05) is 0 Å². The van der Waals surface area contributed by atoms with Crippen molar-refractivity contribution in [3.63, 3.8) is 0 Å². The lowest BCUT2D eigenvalue weighted by molar-refractivity contribution is 0.0697. The van der Waals surface area contributed by atoms with Gasteiger partial charge in [-0.25, -0.2) is 4.79 Å². The van der Waals surface area contributed by atoms with Gasteiger partial charge in [0.2, 0.25) is 0 Å². The highest BCUT2D eigenvalue weighted by atomic mass is 16.4. The molecule has 0 spiro atoms. The maximum Gasteiger partial charge on any atom is 0.341 e. The summed E-state index contributed by atoms with van der Waals surface area (Å²) in [5.74, 6) is -0.468. The van der Waals surface area contributed by atoms with Crippen molar-refractivity contribution >= 4 is 11.8 Å². The molecular weight excluding hydrogens is 246 g/mol. The number of aromatic carboxylic acids is 1. The summed E-state index contributed by atoms with van der Waals surface area (Å²) in [5, 5.41) is 20.7. The molecule has 102 valence electrons. The summed E-state index contributed by atoms with van der Waals surface area (Å²) in [6, 6.07) is 0. The molecule has 0 bridgehead atoms. The van der Waals surface area contributed by atoms with Gasteiger partial charge in [0.25, 0.3) is 0 Å². The van der Waals surface area contributed by atoms with Crippen LogP contribution in [-0.2, 0) is 20.6 Å². The van der Waals surface area contributed by atoms with Crippen LogP contribution >= 0.6 is 0 Å². The molecule has 0 unspecified atom stereocenters. The van der Waals surface area contributed by atoms with Crippen molar-refractivity contribution in [1.82, 2.24) is 19.6 Å². The molecule has 0 aromatic carbocycles. The monoisotopic (exact) mass is 263 g/mol. The highest BCUT2D eigenvalue weighted by Gasteiger charge is 2.19. The molecule has 0 aliphatic carbocycles.